The van der Waals surface area contributed by atoms with Gasteiger partial charge in [0.1, 0.15) is 11.2 Å². The van der Waals surface area contributed by atoms with E-state index in [9.17, 15) is 23.7 Å². The van der Waals surface area contributed by atoms with Crippen LogP contribution in [0.5, 0.6) is 0 Å². The molecule has 0 N–H and O–H groups in total. The SMILES string of the molecule is COC(=O)C(OC/C=C\Cn1ccc(N(C(=O)OC(C)(C)C)C(=O)OC(C)(C)C)nc1=O)P(=O)(OC)OC. The van der Waals surface area contributed by atoms with Gasteiger partial charge in [0.05, 0.1) is 13.7 Å². The number of carbonyl (C=O) groups excluding carboxylic acids is 3. The van der Waals surface area contributed by atoms with E-state index in [0.717, 1.165) is 21.3 Å². The Hall–Kier alpha value is -3.06. The van der Waals surface area contributed by atoms with Crippen molar-refractivity contribution in [2.45, 2.75) is 65.1 Å². The third kappa shape index (κ3) is 10.0. The van der Waals surface area contributed by atoms with E-state index in [1.807, 2.05) is 0 Å². The summed E-state index contributed by atoms with van der Waals surface area (Å²) in [4.78, 5) is 54.3. The van der Waals surface area contributed by atoms with Gasteiger partial charge in [-0.2, -0.15) is 9.88 Å². The number of hydrogen-bond acceptors (Lipinski definition) is 12. The molecule has 0 aliphatic heterocycles. The van der Waals surface area contributed by atoms with Crippen LogP contribution in [0.2, 0.25) is 0 Å². The van der Waals surface area contributed by atoms with E-state index in [1.165, 1.54) is 29.0 Å². The standard InChI is InChI=1S/C23H36N3O11P/c1-22(2,3)36-20(29)26(21(30)37-23(4,5)6)16-12-14-25(19(28)24-16)13-10-11-15-35-18(17(27)32-7)38(31,33-8)34-9/h10-12,14,18H,13,15H2,1-9H3/b11-10-. The molecule has 1 atom stereocenters. The first kappa shape index (κ1) is 33.0. The van der Waals surface area contributed by atoms with E-state index >= 15 is 0 Å². The van der Waals surface area contributed by atoms with E-state index in [4.69, 9.17) is 23.3 Å². The van der Waals surface area contributed by atoms with Crippen molar-refractivity contribution in [3.05, 3.63) is 34.9 Å². The lowest BCUT2D eigenvalue weighted by Gasteiger charge is -2.28. The van der Waals surface area contributed by atoms with Crippen molar-refractivity contribution in [3.63, 3.8) is 0 Å². The van der Waals surface area contributed by atoms with Crippen LogP contribution in [-0.4, -0.2) is 72.7 Å². The number of carbonyl (C=O) groups is 3. The van der Waals surface area contributed by atoms with Gasteiger partial charge in [0.25, 0.3) is 5.85 Å². The predicted octanol–water partition coefficient (Wildman–Crippen LogP) is 3.48. The second-order valence-corrected chi connectivity index (χ2v) is 11.9. The molecule has 0 fully saturated rings. The van der Waals surface area contributed by atoms with Crippen molar-refractivity contribution in [1.29, 1.82) is 0 Å². The van der Waals surface area contributed by atoms with Gasteiger partial charge in [-0.15, -0.1) is 0 Å². The topological polar surface area (TPSA) is 162 Å². The van der Waals surface area contributed by atoms with Crippen LogP contribution < -0.4 is 10.6 Å². The highest BCUT2D eigenvalue weighted by molar-refractivity contribution is 7.55. The maximum Gasteiger partial charge on any atom is 0.425 e. The predicted molar refractivity (Wildman–Crippen MR) is 136 cm³/mol. The molecule has 14 nitrogen and oxygen atoms in total. The number of nitrogens with zero attached hydrogens (tertiary/aromatic N) is 3. The van der Waals surface area contributed by atoms with Crippen molar-refractivity contribution in [3.8, 4) is 0 Å². The number of allylic oxidation sites excluding steroid dienone is 1. The van der Waals surface area contributed by atoms with Gasteiger partial charge >= 0.3 is 31.4 Å². The molecule has 0 aliphatic rings. The van der Waals surface area contributed by atoms with Crippen LogP contribution >= 0.6 is 7.60 Å². The van der Waals surface area contributed by atoms with Gasteiger partial charge in [-0.25, -0.2) is 19.2 Å². The highest BCUT2D eigenvalue weighted by Gasteiger charge is 2.42. The largest absolute Gasteiger partial charge is 0.467 e. The molecule has 1 aromatic heterocycles. The molecule has 15 heteroatoms. The Balaban J connectivity index is 3.05. The first-order valence-electron chi connectivity index (χ1n) is 11.4. The van der Waals surface area contributed by atoms with Gasteiger partial charge in [0, 0.05) is 27.0 Å². The Labute approximate surface area is 221 Å². The van der Waals surface area contributed by atoms with Gasteiger partial charge in [0.15, 0.2) is 5.82 Å². The Morgan fingerprint density at radius 1 is 1.00 bits per heavy atom. The maximum absolute atomic E-state index is 12.7. The Bertz CT molecular complexity index is 1080. The van der Waals surface area contributed by atoms with Crippen molar-refractivity contribution in [2.75, 3.05) is 32.8 Å². The second kappa shape index (κ2) is 13.7. The average Bonchev–Trinajstić information content (AvgIpc) is 2.79. The van der Waals surface area contributed by atoms with Gasteiger partial charge in [-0.1, -0.05) is 12.2 Å². The van der Waals surface area contributed by atoms with Gasteiger partial charge in [0.2, 0.25) is 0 Å². The molecule has 1 heterocycles. The minimum absolute atomic E-state index is 0.0173. The molecule has 38 heavy (non-hydrogen) atoms. The van der Waals surface area contributed by atoms with E-state index in [1.54, 1.807) is 41.5 Å². The van der Waals surface area contributed by atoms with Crippen molar-refractivity contribution in [2.24, 2.45) is 0 Å². The van der Waals surface area contributed by atoms with Gasteiger partial charge < -0.3 is 28.0 Å². The molecule has 1 rings (SSSR count). The summed E-state index contributed by atoms with van der Waals surface area (Å²) in [6, 6.07) is 1.28. The molecule has 0 radical (unpaired) electrons. The zero-order valence-corrected chi connectivity index (χ0v) is 24.0. The number of amides is 2. The third-order valence-electron chi connectivity index (χ3n) is 4.26. The van der Waals surface area contributed by atoms with Gasteiger partial charge in [-0.05, 0) is 47.6 Å². The van der Waals surface area contributed by atoms with Crippen molar-refractivity contribution < 1.29 is 46.9 Å². The summed E-state index contributed by atoms with van der Waals surface area (Å²) in [6.45, 7) is 9.55. The zero-order valence-electron chi connectivity index (χ0n) is 23.1. The molecule has 0 saturated heterocycles. The minimum Gasteiger partial charge on any atom is -0.467 e. The highest BCUT2D eigenvalue weighted by atomic mass is 31.2. The summed E-state index contributed by atoms with van der Waals surface area (Å²) in [5, 5.41) is 0. The fraction of sp³-hybridized carbons (Fsp3) is 0.609. The number of imide groups is 1. The zero-order chi connectivity index (χ0) is 29.3. The molecule has 214 valence electrons. The van der Waals surface area contributed by atoms with E-state index in [2.05, 4.69) is 9.72 Å². The lowest BCUT2D eigenvalue weighted by molar-refractivity contribution is -0.149. The molecule has 2 amide bonds. The number of methoxy groups -OCH3 is 1. The van der Waals surface area contributed by atoms with Crippen LogP contribution in [-0.2, 0) is 43.9 Å². The Morgan fingerprint density at radius 2 is 1.53 bits per heavy atom. The van der Waals surface area contributed by atoms with E-state index in [-0.39, 0.29) is 19.0 Å². The maximum atomic E-state index is 12.7. The number of aromatic nitrogens is 2. The third-order valence-corrected chi connectivity index (χ3v) is 6.21. The molecule has 0 spiro atoms. The number of rotatable bonds is 10. The second-order valence-electron chi connectivity index (χ2n) is 9.60. The minimum atomic E-state index is -3.91. The number of hydrogen-bond donors (Lipinski definition) is 0. The molecule has 0 aliphatic carbocycles. The lowest BCUT2D eigenvalue weighted by Crippen LogP contribution is -2.45. The molecular weight excluding hydrogens is 525 g/mol. The Morgan fingerprint density at radius 3 is 1.95 bits per heavy atom. The van der Waals surface area contributed by atoms with Crippen molar-refractivity contribution >= 4 is 31.6 Å². The number of esters is 1. The molecule has 0 aromatic carbocycles. The van der Waals surface area contributed by atoms with E-state index < -0.39 is 48.5 Å². The smallest absolute Gasteiger partial charge is 0.425 e. The summed E-state index contributed by atoms with van der Waals surface area (Å²) in [5.41, 5.74) is -2.63. The first-order chi connectivity index (χ1) is 17.5. The first-order valence-corrected chi connectivity index (χ1v) is 13.0. The van der Waals surface area contributed by atoms with Crippen LogP contribution in [0, 0.1) is 0 Å². The fourth-order valence-electron chi connectivity index (χ4n) is 2.62. The monoisotopic (exact) mass is 561 g/mol. The molecule has 0 saturated carbocycles. The fourth-order valence-corrected chi connectivity index (χ4v) is 3.78. The van der Waals surface area contributed by atoms with Crippen LogP contribution in [0.1, 0.15) is 41.5 Å². The normalized spacial score (nSPS) is 13.2. The average molecular weight is 562 g/mol. The molecule has 0 bridgehead atoms. The quantitative estimate of drug-likeness (QED) is 0.177. The number of anilines is 1. The summed E-state index contributed by atoms with van der Waals surface area (Å²) >= 11 is 0. The van der Waals surface area contributed by atoms with Crippen LogP contribution in [0.3, 0.4) is 0 Å². The number of ether oxygens (including phenoxy) is 4. The van der Waals surface area contributed by atoms with Crippen molar-refractivity contribution in [1.82, 2.24) is 9.55 Å². The molecular formula is C23H36N3O11P. The molecule has 1 aromatic rings. The lowest BCUT2D eigenvalue weighted by atomic mass is 10.2. The summed E-state index contributed by atoms with van der Waals surface area (Å²) in [5.74, 6) is -2.83. The summed E-state index contributed by atoms with van der Waals surface area (Å²) < 4.78 is 43.7. The Kier molecular flexibility index (Phi) is 11.8. The van der Waals surface area contributed by atoms with Crippen LogP contribution in [0.4, 0.5) is 15.4 Å². The van der Waals surface area contributed by atoms with Crippen LogP contribution in [0.15, 0.2) is 29.2 Å². The highest BCUT2D eigenvalue weighted by Crippen LogP contribution is 2.52. The van der Waals surface area contributed by atoms with Crippen LogP contribution in [0.25, 0.3) is 0 Å². The summed E-state index contributed by atoms with van der Waals surface area (Å²) in [7, 11) is -0.603. The summed E-state index contributed by atoms with van der Waals surface area (Å²) in [6.07, 6.45) is 2.18. The van der Waals surface area contributed by atoms with E-state index in [0.29, 0.717) is 4.90 Å². The van der Waals surface area contributed by atoms with Gasteiger partial charge in [-0.3, -0.25) is 9.13 Å². The molecule has 1 unspecified atom stereocenters.